The maximum absolute atomic E-state index is 12.1. The fourth-order valence-electron chi connectivity index (χ4n) is 3.28. The first-order valence-electron chi connectivity index (χ1n) is 8.84. The van der Waals surface area contributed by atoms with Crippen molar-refractivity contribution < 1.29 is 24.2 Å². The number of carbonyl (C=O) groups excluding carboxylic acids is 1. The molecule has 2 aliphatic rings. The summed E-state index contributed by atoms with van der Waals surface area (Å²) in [6, 6.07) is 0. The van der Waals surface area contributed by atoms with Gasteiger partial charge in [-0.1, -0.05) is 46.0 Å². The van der Waals surface area contributed by atoms with E-state index in [4.69, 9.17) is 9.47 Å². The summed E-state index contributed by atoms with van der Waals surface area (Å²) in [6.07, 6.45) is 8.63. The molecule has 1 aliphatic carbocycles. The van der Waals surface area contributed by atoms with Crippen LogP contribution in [0, 0.1) is 17.8 Å². The van der Waals surface area contributed by atoms with Crippen LogP contribution in [0.25, 0.3) is 0 Å². The molecule has 2 rings (SSSR count). The average Bonchev–Trinajstić information content (AvgIpc) is 3.31. The van der Waals surface area contributed by atoms with Crippen LogP contribution in [0.4, 0.5) is 0 Å². The number of rotatable bonds is 10. The summed E-state index contributed by atoms with van der Waals surface area (Å²) >= 11 is 0. The minimum Gasteiger partial charge on any atom is -0.483 e. The normalized spacial score (nSPS) is 25.3. The smallest absolute Gasteiger partial charge is 0.313 e. The van der Waals surface area contributed by atoms with Crippen LogP contribution in [0.1, 0.15) is 58.8 Å². The van der Waals surface area contributed by atoms with Crippen molar-refractivity contribution in [3.63, 3.8) is 0 Å². The Morgan fingerprint density at radius 3 is 2.70 bits per heavy atom. The van der Waals surface area contributed by atoms with E-state index in [0.29, 0.717) is 13.0 Å². The summed E-state index contributed by atoms with van der Waals surface area (Å²) in [6.45, 7) is 4.82. The van der Waals surface area contributed by atoms with Crippen molar-refractivity contribution >= 4 is 11.9 Å². The van der Waals surface area contributed by atoms with Crippen LogP contribution in [0.2, 0.25) is 0 Å². The van der Waals surface area contributed by atoms with Crippen LogP contribution in [0.15, 0.2) is 11.8 Å². The van der Waals surface area contributed by atoms with Gasteiger partial charge in [0, 0.05) is 6.42 Å². The topological polar surface area (TPSA) is 76.1 Å². The van der Waals surface area contributed by atoms with Crippen molar-refractivity contribution in [2.24, 2.45) is 17.8 Å². The molecule has 0 spiro atoms. The van der Waals surface area contributed by atoms with E-state index in [1.807, 2.05) is 0 Å². The molecule has 0 aromatic carbocycles. The number of carboxylic acids is 1. The van der Waals surface area contributed by atoms with Gasteiger partial charge in [0.05, 0.1) is 18.4 Å². The van der Waals surface area contributed by atoms with Gasteiger partial charge in [0.25, 0.3) is 0 Å². The average molecular weight is 324 g/mol. The summed E-state index contributed by atoms with van der Waals surface area (Å²) in [5.74, 6) is -1.27. The number of carboxylic acid groups (broad SMARTS) is 1. The molecule has 1 saturated heterocycles. The minimum absolute atomic E-state index is 0.0924. The lowest BCUT2D eigenvalue weighted by atomic mass is 9.84. The van der Waals surface area contributed by atoms with Gasteiger partial charge in [0.15, 0.2) is 6.10 Å². The largest absolute Gasteiger partial charge is 0.483 e. The van der Waals surface area contributed by atoms with E-state index < -0.39 is 23.8 Å². The van der Waals surface area contributed by atoms with Crippen LogP contribution in [-0.2, 0) is 19.1 Å². The van der Waals surface area contributed by atoms with E-state index >= 15 is 0 Å². The van der Waals surface area contributed by atoms with E-state index in [1.54, 1.807) is 6.08 Å². The molecule has 1 fully saturated rings. The Bertz CT molecular complexity index is 452. The summed E-state index contributed by atoms with van der Waals surface area (Å²) in [5.41, 5.74) is 0. The third kappa shape index (κ3) is 4.98. The molecular formula is C18H28O5. The van der Waals surface area contributed by atoms with Gasteiger partial charge in [0.2, 0.25) is 0 Å². The lowest BCUT2D eigenvalue weighted by Gasteiger charge is -2.20. The second-order valence-corrected chi connectivity index (χ2v) is 6.58. The highest BCUT2D eigenvalue weighted by Crippen LogP contribution is 2.42. The summed E-state index contributed by atoms with van der Waals surface area (Å²) < 4.78 is 10.5. The number of hydrogen-bond acceptors (Lipinski definition) is 4. The van der Waals surface area contributed by atoms with E-state index in [-0.39, 0.29) is 6.10 Å². The predicted octanol–water partition coefficient (Wildman–Crippen LogP) is 3.53. The molecule has 3 atom stereocenters. The zero-order valence-electron chi connectivity index (χ0n) is 14.1. The highest BCUT2D eigenvalue weighted by Gasteiger charge is 2.48. The fourth-order valence-corrected chi connectivity index (χ4v) is 3.28. The van der Waals surface area contributed by atoms with Gasteiger partial charge < -0.3 is 14.6 Å². The first kappa shape index (κ1) is 17.8. The van der Waals surface area contributed by atoms with E-state index in [0.717, 1.165) is 30.9 Å². The highest BCUT2D eigenvalue weighted by molar-refractivity contribution is 5.83. The van der Waals surface area contributed by atoms with Crippen molar-refractivity contribution in [2.45, 2.75) is 64.9 Å². The predicted molar refractivity (Wildman–Crippen MR) is 85.7 cm³/mol. The second-order valence-electron chi connectivity index (χ2n) is 6.58. The first-order valence-corrected chi connectivity index (χ1v) is 8.84. The maximum Gasteiger partial charge on any atom is 0.313 e. The summed E-state index contributed by atoms with van der Waals surface area (Å²) in [7, 11) is 0. The van der Waals surface area contributed by atoms with Gasteiger partial charge in [-0.25, -0.2) is 0 Å². The Morgan fingerprint density at radius 2 is 2.04 bits per heavy atom. The quantitative estimate of drug-likeness (QED) is 0.378. The van der Waals surface area contributed by atoms with Crippen molar-refractivity contribution in [1.29, 1.82) is 0 Å². The third-order valence-corrected chi connectivity index (χ3v) is 5.03. The zero-order valence-corrected chi connectivity index (χ0v) is 14.1. The highest BCUT2D eigenvalue weighted by atomic mass is 16.6. The van der Waals surface area contributed by atoms with Crippen LogP contribution < -0.4 is 0 Å². The second kappa shape index (κ2) is 8.37. The molecule has 0 aromatic rings. The monoisotopic (exact) mass is 324 g/mol. The number of esters is 1. The number of aliphatic carboxylic acids is 1. The van der Waals surface area contributed by atoms with Gasteiger partial charge in [-0.2, -0.15) is 0 Å². The molecule has 1 N–H and O–H groups in total. The minimum atomic E-state index is -0.956. The van der Waals surface area contributed by atoms with Crippen molar-refractivity contribution in [3.8, 4) is 0 Å². The lowest BCUT2D eigenvalue weighted by molar-refractivity contribution is -0.156. The van der Waals surface area contributed by atoms with Gasteiger partial charge in [0.1, 0.15) is 5.76 Å². The number of ether oxygens (including phenoxy) is 2. The van der Waals surface area contributed by atoms with Gasteiger partial charge in [-0.15, -0.1) is 0 Å². The van der Waals surface area contributed by atoms with Gasteiger partial charge in [-0.05, 0) is 18.4 Å². The third-order valence-electron chi connectivity index (χ3n) is 5.03. The molecule has 1 heterocycles. The number of fused-ring (bicyclic) bond motifs is 1. The first-order chi connectivity index (χ1) is 11.1. The number of epoxide rings is 1. The molecule has 130 valence electrons. The Labute approximate surface area is 138 Å². The van der Waals surface area contributed by atoms with Crippen molar-refractivity contribution in [3.05, 3.63) is 11.8 Å². The summed E-state index contributed by atoms with van der Waals surface area (Å²) in [5, 5.41) is 9.24. The standard InChI is InChI=1S/C18H28O5/c1-3-12(4-2)8-6-5-7-9-22-18(21)14-11-16-15(23-16)10-13(14)17(19)20/h11-15H,3-10H2,1-2H3,(H,19,20). The Morgan fingerprint density at radius 1 is 1.30 bits per heavy atom. The van der Waals surface area contributed by atoms with Crippen LogP contribution in [-0.4, -0.2) is 29.8 Å². The van der Waals surface area contributed by atoms with Gasteiger partial charge >= 0.3 is 11.9 Å². The molecule has 1 aliphatic heterocycles. The fraction of sp³-hybridized carbons (Fsp3) is 0.778. The number of hydrogen-bond donors (Lipinski definition) is 1. The van der Waals surface area contributed by atoms with Crippen LogP contribution >= 0.6 is 0 Å². The van der Waals surface area contributed by atoms with E-state index in [2.05, 4.69) is 13.8 Å². The van der Waals surface area contributed by atoms with Crippen molar-refractivity contribution in [1.82, 2.24) is 0 Å². The Kier molecular flexibility index (Phi) is 6.48. The molecule has 0 saturated carbocycles. The number of unbranched alkanes of at least 4 members (excludes halogenated alkanes) is 2. The van der Waals surface area contributed by atoms with E-state index in [1.165, 1.54) is 19.3 Å². The molecule has 0 radical (unpaired) electrons. The Balaban J connectivity index is 1.66. The molecule has 5 heteroatoms. The van der Waals surface area contributed by atoms with Crippen LogP contribution in [0.5, 0.6) is 0 Å². The molecule has 0 bridgehead atoms. The zero-order chi connectivity index (χ0) is 16.8. The molecule has 3 unspecified atom stereocenters. The molecular weight excluding hydrogens is 296 g/mol. The lowest BCUT2D eigenvalue weighted by Crippen LogP contribution is -2.32. The SMILES string of the molecule is CCC(CC)CCCCCOC(=O)C1C=C2OC2CC1C(=O)O. The molecule has 5 nitrogen and oxygen atoms in total. The van der Waals surface area contributed by atoms with Gasteiger partial charge in [-0.3, -0.25) is 9.59 Å². The molecule has 23 heavy (non-hydrogen) atoms. The van der Waals surface area contributed by atoms with E-state index in [9.17, 15) is 14.7 Å². The molecule has 0 aromatic heterocycles. The summed E-state index contributed by atoms with van der Waals surface area (Å²) in [4.78, 5) is 23.4. The Hall–Kier alpha value is -1.52. The van der Waals surface area contributed by atoms with Crippen LogP contribution in [0.3, 0.4) is 0 Å². The molecule has 0 amide bonds. The number of carbonyl (C=O) groups is 2. The maximum atomic E-state index is 12.1. The van der Waals surface area contributed by atoms with Crippen molar-refractivity contribution in [2.75, 3.05) is 6.61 Å².